The van der Waals surface area contributed by atoms with Crippen LogP contribution < -0.4 is 56.8 Å². The van der Waals surface area contributed by atoms with Crippen LogP contribution in [-0.4, -0.2) is 6.98 Å². The summed E-state index contributed by atoms with van der Waals surface area (Å²) in [6.07, 6.45) is 0. The smallest absolute Gasteiger partial charge is 0.445 e. The summed E-state index contributed by atoms with van der Waals surface area (Å²) in [7, 11) is 0. The zero-order valence-corrected chi connectivity index (χ0v) is 12.1. The molecule has 0 saturated heterocycles. The topological polar surface area (TPSA) is 0 Å². The molecule has 5 heteroatoms. The van der Waals surface area contributed by atoms with E-state index < -0.39 is 12.4 Å². The Kier molecular flexibility index (Phi) is 9.70. The van der Waals surface area contributed by atoms with Gasteiger partial charge in [0.05, 0.1) is 0 Å². The Labute approximate surface area is 126 Å². The zero-order valence-electron chi connectivity index (χ0n) is 9.02. The van der Waals surface area contributed by atoms with E-state index in [0.29, 0.717) is 0 Å². The number of benzene rings is 1. The van der Waals surface area contributed by atoms with Gasteiger partial charge in [0.25, 0.3) is 0 Å². The van der Waals surface area contributed by atoms with Gasteiger partial charge in [-0.1, -0.05) is 43.7 Å². The predicted octanol–water partition coefficient (Wildman–Crippen LogP) is 0.0796. The van der Waals surface area contributed by atoms with E-state index in [2.05, 4.69) is 0 Å². The van der Waals surface area contributed by atoms with E-state index in [4.69, 9.17) is 0 Å². The van der Waals surface area contributed by atoms with Crippen molar-refractivity contribution in [1.29, 1.82) is 0 Å². The minimum absolute atomic E-state index is 0. The van der Waals surface area contributed by atoms with E-state index in [9.17, 15) is 12.9 Å². The Hall–Kier alpha value is 0.711. The average molecular weight is 228 g/mol. The number of hydrogen-bond acceptors (Lipinski definition) is 0. The normalized spacial score (nSPS) is 9.57. The standard InChI is InChI=1S/C7H7BF3.C2H6.K/c1-6-2-4-7(5-3-6)8(9,10)11;1-2;/h2-5H,1H3;1-2H3;/q-1;;+1. The second-order valence-electron chi connectivity index (χ2n) is 2.49. The Morgan fingerprint density at radius 3 is 1.57 bits per heavy atom. The summed E-state index contributed by atoms with van der Waals surface area (Å²) in [5.74, 6) is 0. The molecule has 0 atom stereocenters. The third kappa shape index (κ3) is 6.24. The maximum absolute atomic E-state index is 12.0. The van der Waals surface area contributed by atoms with Crippen LogP contribution >= 0.6 is 0 Å². The third-order valence-corrected chi connectivity index (χ3v) is 1.46. The minimum atomic E-state index is -4.82. The Bertz CT molecular complexity index is 243. The summed E-state index contributed by atoms with van der Waals surface area (Å²) in [4.78, 5) is 0. The maximum Gasteiger partial charge on any atom is 1.00 e. The fraction of sp³-hybridized carbons (Fsp3) is 0.333. The fourth-order valence-electron chi connectivity index (χ4n) is 0.785. The van der Waals surface area contributed by atoms with E-state index in [1.54, 1.807) is 6.92 Å². The van der Waals surface area contributed by atoms with Gasteiger partial charge in [-0.2, -0.15) is 0 Å². The molecule has 0 radical (unpaired) electrons. The maximum atomic E-state index is 12.0. The molecule has 14 heavy (non-hydrogen) atoms. The summed E-state index contributed by atoms with van der Waals surface area (Å²) in [5.41, 5.74) is 0.310. The van der Waals surface area contributed by atoms with Gasteiger partial charge in [-0.15, -0.1) is 5.46 Å². The molecule has 0 spiro atoms. The van der Waals surface area contributed by atoms with Crippen LogP contribution in [0.4, 0.5) is 12.9 Å². The van der Waals surface area contributed by atoms with Crippen LogP contribution in [0, 0.1) is 6.92 Å². The molecular formula is C9H13BF3K. The number of aryl methyl sites for hydroxylation is 1. The van der Waals surface area contributed by atoms with Gasteiger partial charge in [-0.05, 0) is 6.92 Å². The molecule has 0 aliphatic carbocycles. The number of hydrogen-bond donors (Lipinski definition) is 0. The molecule has 1 aromatic rings. The summed E-state index contributed by atoms with van der Waals surface area (Å²) >= 11 is 0. The predicted molar refractivity (Wildman–Crippen MR) is 51.2 cm³/mol. The molecule has 0 aliphatic heterocycles. The molecule has 1 rings (SSSR count). The van der Waals surface area contributed by atoms with Crippen LogP contribution in [0.2, 0.25) is 0 Å². The van der Waals surface area contributed by atoms with Crippen molar-refractivity contribution in [3.63, 3.8) is 0 Å². The molecule has 0 N–H and O–H groups in total. The van der Waals surface area contributed by atoms with Crippen LogP contribution in [0.25, 0.3) is 0 Å². The van der Waals surface area contributed by atoms with Crippen LogP contribution in [0.5, 0.6) is 0 Å². The molecule has 0 aliphatic rings. The van der Waals surface area contributed by atoms with Gasteiger partial charge in [-0.3, -0.25) is 0 Å². The van der Waals surface area contributed by atoms with Crippen molar-refractivity contribution in [3.05, 3.63) is 29.8 Å². The SMILES string of the molecule is CC.Cc1ccc([B-](F)(F)F)cc1.[K+]. The molecule has 0 bridgehead atoms. The van der Waals surface area contributed by atoms with Crippen molar-refractivity contribution in [1.82, 2.24) is 0 Å². The largest absolute Gasteiger partial charge is 1.00 e. The van der Waals surface area contributed by atoms with Gasteiger partial charge in [0.15, 0.2) is 0 Å². The third-order valence-electron chi connectivity index (χ3n) is 1.46. The molecule has 0 fully saturated rings. The summed E-state index contributed by atoms with van der Waals surface area (Å²) in [6, 6.07) is 5.14. The van der Waals surface area contributed by atoms with Crippen molar-refractivity contribution < 1.29 is 64.3 Å². The quantitative estimate of drug-likeness (QED) is 0.597. The minimum Gasteiger partial charge on any atom is -0.445 e. The van der Waals surface area contributed by atoms with E-state index in [1.807, 2.05) is 13.8 Å². The van der Waals surface area contributed by atoms with E-state index in [1.165, 1.54) is 12.1 Å². The number of rotatable bonds is 1. The van der Waals surface area contributed by atoms with E-state index in [-0.39, 0.29) is 51.4 Å². The first-order valence-electron chi connectivity index (χ1n) is 4.26. The van der Waals surface area contributed by atoms with Crippen molar-refractivity contribution in [2.24, 2.45) is 0 Å². The molecule has 0 unspecified atom stereocenters. The number of halogens is 3. The van der Waals surface area contributed by atoms with Crippen LogP contribution in [-0.2, 0) is 0 Å². The molecule has 0 heterocycles. The van der Waals surface area contributed by atoms with Gasteiger partial charge in [-0.25, -0.2) is 0 Å². The molecule has 1 aromatic carbocycles. The first-order chi connectivity index (χ1) is 6.00. The fourth-order valence-corrected chi connectivity index (χ4v) is 0.785. The molecule has 74 valence electrons. The first kappa shape index (κ1) is 17.1. The summed E-state index contributed by atoms with van der Waals surface area (Å²) < 4.78 is 35.9. The van der Waals surface area contributed by atoms with Gasteiger partial charge >= 0.3 is 58.4 Å². The molecule has 0 saturated carbocycles. The summed E-state index contributed by atoms with van der Waals surface area (Å²) in [5, 5.41) is 0. The zero-order chi connectivity index (χ0) is 10.5. The van der Waals surface area contributed by atoms with Gasteiger partial charge < -0.3 is 12.9 Å². The second-order valence-corrected chi connectivity index (χ2v) is 2.49. The molecule has 0 nitrogen and oxygen atoms in total. The van der Waals surface area contributed by atoms with Crippen molar-refractivity contribution >= 4 is 12.4 Å². The van der Waals surface area contributed by atoms with Crippen LogP contribution in [0.1, 0.15) is 19.4 Å². The van der Waals surface area contributed by atoms with Gasteiger partial charge in [0, 0.05) is 0 Å². The average Bonchev–Trinajstić information content (AvgIpc) is 2.07. The molecule has 0 aromatic heterocycles. The Morgan fingerprint density at radius 2 is 1.29 bits per heavy atom. The molecule has 0 amide bonds. The van der Waals surface area contributed by atoms with Crippen LogP contribution in [0.3, 0.4) is 0 Å². The molecular weight excluding hydrogens is 215 g/mol. The Balaban J connectivity index is 0. The monoisotopic (exact) mass is 228 g/mol. The second kappa shape index (κ2) is 7.93. The van der Waals surface area contributed by atoms with Crippen molar-refractivity contribution in [2.45, 2.75) is 20.8 Å². The van der Waals surface area contributed by atoms with Gasteiger partial charge in [0.1, 0.15) is 0 Å². The van der Waals surface area contributed by atoms with Gasteiger partial charge in [0.2, 0.25) is 0 Å². The van der Waals surface area contributed by atoms with Crippen molar-refractivity contribution in [2.75, 3.05) is 0 Å². The summed E-state index contributed by atoms with van der Waals surface area (Å²) in [6.45, 7) is 0.939. The Morgan fingerprint density at radius 1 is 0.929 bits per heavy atom. The van der Waals surface area contributed by atoms with E-state index >= 15 is 0 Å². The van der Waals surface area contributed by atoms with Crippen LogP contribution in [0.15, 0.2) is 24.3 Å². The first-order valence-corrected chi connectivity index (χ1v) is 4.26. The van der Waals surface area contributed by atoms with Crippen molar-refractivity contribution in [3.8, 4) is 0 Å². The van der Waals surface area contributed by atoms with E-state index in [0.717, 1.165) is 17.7 Å².